The molecule has 1 aromatic heterocycles. The second kappa shape index (κ2) is 9.08. The zero-order valence-corrected chi connectivity index (χ0v) is 17.3. The van der Waals surface area contributed by atoms with Crippen LogP contribution in [0, 0.1) is 6.92 Å². The lowest BCUT2D eigenvalue weighted by Crippen LogP contribution is -2.33. The first-order valence-corrected chi connectivity index (χ1v) is 10.6. The van der Waals surface area contributed by atoms with E-state index in [2.05, 4.69) is 53.2 Å². The lowest BCUT2D eigenvalue weighted by molar-refractivity contribution is 0.0694. The summed E-state index contributed by atoms with van der Waals surface area (Å²) in [4.78, 5) is 23.2. The Bertz CT molecular complexity index is 1020. The molecule has 0 saturated carbocycles. The van der Waals surface area contributed by atoms with Crippen molar-refractivity contribution in [1.29, 1.82) is 0 Å². The second-order valence-electron chi connectivity index (χ2n) is 7.94. The Morgan fingerprint density at radius 3 is 2.63 bits per heavy atom. The molecule has 3 aromatic rings. The largest absolute Gasteiger partial charge is 0.478 e. The first-order chi connectivity index (χ1) is 14.6. The van der Waals surface area contributed by atoms with Crippen LogP contribution in [0.15, 0.2) is 60.8 Å². The lowest BCUT2D eigenvalue weighted by atomic mass is 10.0. The quantitative estimate of drug-likeness (QED) is 0.632. The summed E-state index contributed by atoms with van der Waals surface area (Å²) in [6, 6.07) is 19.0. The van der Waals surface area contributed by atoms with E-state index in [4.69, 9.17) is 4.98 Å². The third-order valence-electron chi connectivity index (χ3n) is 5.93. The van der Waals surface area contributed by atoms with Gasteiger partial charge in [-0.2, -0.15) is 0 Å². The van der Waals surface area contributed by atoms with E-state index in [9.17, 15) is 9.90 Å². The summed E-state index contributed by atoms with van der Waals surface area (Å²) in [6.07, 6.45) is 5.97. The summed E-state index contributed by atoms with van der Waals surface area (Å²) >= 11 is 0. The molecule has 1 N–H and O–H groups in total. The minimum Gasteiger partial charge on any atom is -0.478 e. The van der Waals surface area contributed by atoms with Crippen molar-refractivity contribution in [3.8, 4) is 0 Å². The number of carboxylic acid groups (broad SMARTS) is 1. The summed E-state index contributed by atoms with van der Waals surface area (Å²) in [6.45, 7) is 2.98. The van der Waals surface area contributed by atoms with E-state index < -0.39 is 5.97 Å². The Morgan fingerprint density at radius 2 is 1.87 bits per heavy atom. The first kappa shape index (κ1) is 20.1. The van der Waals surface area contributed by atoms with Gasteiger partial charge in [0.25, 0.3) is 0 Å². The van der Waals surface area contributed by atoms with Gasteiger partial charge in [-0.15, -0.1) is 0 Å². The summed E-state index contributed by atoms with van der Waals surface area (Å²) in [5.74, 6) is -0.318. The molecule has 1 aliphatic heterocycles. The van der Waals surface area contributed by atoms with Crippen molar-refractivity contribution in [1.82, 2.24) is 9.97 Å². The molecule has 1 aliphatic rings. The molecule has 0 radical (unpaired) electrons. The molecule has 5 heteroatoms. The molecule has 5 nitrogen and oxygen atoms in total. The van der Waals surface area contributed by atoms with Gasteiger partial charge >= 0.3 is 5.97 Å². The smallest absolute Gasteiger partial charge is 0.339 e. The average molecular weight is 402 g/mol. The molecule has 154 valence electrons. The van der Waals surface area contributed by atoms with Gasteiger partial charge in [-0.05, 0) is 55.7 Å². The SMILES string of the molecule is Cc1ccccc1CCc1nc(N2CCC[C@H]2Cc2ccccc2)ncc1C(=O)O. The molecule has 1 atom stereocenters. The summed E-state index contributed by atoms with van der Waals surface area (Å²) < 4.78 is 0. The number of aromatic carboxylic acids is 1. The van der Waals surface area contributed by atoms with Gasteiger partial charge in [0.2, 0.25) is 5.95 Å². The Balaban J connectivity index is 1.57. The van der Waals surface area contributed by atoms with Crippen LogP contribution in [0.5, 0.6) is 0 Å². The first-order valence-electron chi connectivity index (χ1n) is 10.6. The number of aromatic nitrogens is 2. The number of carbonyl (C=O) groups is 1. The number of aryl methyl sites for hydroxylation is 3. The molecular formula is C25H27N3O2. The fourth-order valence-electron chi connectivity index (χ4n) is 4.26. The van der Waals surface area contributed by atoms with Gasteiger partial charge in [0.1, 0.15) is 0 Å². The van der Waals surface area contributed by atoms with Crippen molar-refractivity contribution in [3.63, 3.8) is 0 Å². The van der Waals surface area contributed by atoms with Crippen LogP contribution in [0.25, 0.3) is 0 Å². The van der Waals surface area contributed by atoms with E-state index in [0.29, 0.717) is 24.1 Å². The van der Waals surface area contributed by atoms with Crippen LogP contribution in [0.4, 0.5) is 5.95 Å². The summed E-state index contributed by atoms with van der Waals surface area (Å²) in [5, 5.41) is 9.63. The molecule has 1 fully saturated rings. The standard InChI is InChI=1S/C25H27N3O2/c1-18-8-5-6-11-20(18)13-14-23-22(24(29)30)17-26-25(27-23)28-15-7-12-21(28)16-19-9-3-2-4-10-19/h2-6,8-11,17,21H,7,12-16H2,1H3,(H,29,30)/t21-/m0/s1. The fourth-order valence-corrected chi connectivity index (χ4v) is 4.26. The normalized spacial score (nSPS) is 16.0. The molecule has 0 spiro atoms. The van der Waals surface area contributed by atoms with Gasteiger partial charge in [-0.1, -0.05) is 54.6 Å². The van der Waals surface area contributed by atoms with E-state index >= 15 is 0 Å². The number of anilines is 1. The van der Waals surface area contributed by atoms with Crippen LogP contribution >= 0.6 is 0 Å². The van der Waals surface area contributed by atoms with Crippen molar-refractivity contribution in [2.45, 2.75) is 45.1 Å². The van der Waals surface area contributed by atoms with Crippen LogP contribution in [0.3, 0.4) is 0 Å². The monoisotopic (exact) mass is 401 g/mol. The van der Waals surface area contributed by atoms with Crippen LogP contribution in [0.2, 0.25) is 0 Å². The van der Waals surface area contributed by atoms with E-state index in [1.165, 1.54) is 22.9 Å². The maximum absolute atomic E-state index is 11.7. The summed E-state index contributed by atoms with van der Waals surface area (Å²) in [7, 11) is 0. The molecular weight excluding hydrogens is 374 g/mol. The number of hydrogen-bond donors (Lipinski definition) is 1. The molecule has 30 heavy (non-hydrogen) atoms. The summed E-state index contributed by atoms with van der Waals surface area (Å²) in [5.41, 5.74) is 4.55. The Morgan fingerprint density at radius 1 is 1.10 bits per heavy atom. The van der Waals surface area contributed by atoms with E-state index in [-0.39, 0.29) is 5.56 Å². The Hall–Kier alpha value is -3.21. The van der Waals surface area contributed by atoms with Crippen LogP contribution < -0.4 is 4.90 Å². The van der Waals surface area contributed by atoms with Gasteiger partial charge in [0.15, 0.2) is 0 Å². The van der Waals surface area contributed by atoms with Crippen molar-refractivity contribution in [2.24, 2.45) is 0 Å². The molecule has 2 heterocycles. The van der Waals surface area contributed by atoms with Gasteiger partial charge in [-0.3, -0.25) is 0 Å². The highest BCUT2D eigenvalue weighted by molar-refractivity contribution is 5.88. The number of benzene rings is 2. The minimum atomic E-state index is -0.969. The molecule has 1 saturated heterocycles. The van der Waals surface area contributed by atoms with Crippen LogP contribution in [-0.4, -0.2) is 33.6 Å². The highest BCUT2D eigenvalue weighted by Gasteiger charge is 2.28. The van der Waals surface area contributed by atoms with Gasteiger partial charge in [0, 0.05) is 18.8 Å². The maximum atomic E-state index is 11.7. The molecule has 0 aliphatic carbocycles. The predicted octanol–water partition coefficient (Wildman–Crippen LogP) is 4.48. The Kier molecular flexibility index (Phi) is 6.07. The van der Waals surface area contributed by atoms with Crippen LogP contribution in [0.1, 0.15) is 45.6 Å². The topological polar surface area (TPSA) is 66.3 Å². The number of carboxylic acids is 1. The van der Waals surface area contributed by atoms with Gasteiger partial charge in [0.05, 0.1) is 11.3 Å². The van der Waals surface area contributed by atoms with E-state index in [0.717, 1.165) is 32.2 Å². The number of rotatable bonds is 7. The Labute approximate surface area is 177 Å². The average Bonchev–Trinajstić information content (AvgIpc) is 3.21. The van der Waals surface area contributed by atoms with Gasteiger partial charge in [-0.25, -0.2) is 14.8 Å². The molecule has 0 bridgehead atoms. The molecule has 0 amide bonds. The zero-order valence-electron chi connectivity index (χ0n) is 17.3. The highest BCUT2D eigenvalue weighted by Crippen LogP contribution is 2.26. The zero-order chi connectivity index (χ0) is 20.9. The van der Waals surface area contributed by atoms with E-state index in [1.54, 1.807) is 0 Å². The van der Waals surface area contributed by atoms with Crippen molar-refractivity contribution in [3.05, 3.63) is 88.7 Å². The number of nitrogens with zero attached hydrogens (tertiary/aromatic N) is 3. The van der Waals surface area contributed by atoms with Gasteiger partial charge < -0.3 is 10.0 Å². The lowest BCUT2D eigenvalue weighted by Gasteiger charge is -2.25. The molecule has 2 aromatic carbocycles. The third-order valence-corrected chi connectivity index (χ3v) is 5.93. The van der Waals surface area contributed by atoms with E-state index in [1.807, 2.05) is 18.2 Å². The third kappa shape index (κ3) is 4.51. The molecule has 0 unspecified atom stereocenters. The van der Waals surface area contributed by atoms with Crippen molar-refractivity contribution >= 4 is 11.9 Å². The van der Waals surface area contributed by atoms with Crippen LogP contribution in [-0.2, 0) is 19.3 Å². The molecule has 4 rings (SSSR count). The second-order valence-corrected chi connectivity index (χ2v) is 7.94. The predicted molar refractivity (Wildman–Crippen MR) is 118 cm³/mol. The highest BCUT2D eigenvalue weighted by atomic mass is 16.4. The van der Waals surface area contributed by atoms with Crippen molar-refractivity contribution < 1.29 is 9.90 Å². The fraction of sp³-hybridized carbons (Fsp3) is 0.320. The van der Waals surface area contributed by atoms with Crippen molar-refractivity contribution in [2.75, 3.05) is 11.4 Å². The number of hydrogen-bond acceptors (Lipinski definition) is 4. The maximum Gasteiger partial charge on any atom is 0.339 e. The minimum absolute atomic E-state index is 0.200.